The standard InChI is InChI=1S/C18H21ClN2S.ClH/c1-12-4-3-9-21-17(12)13(2)22-18-15-8-11-20-10-7-14(15)5-6-16(18)19;/h3-6,9,13,20H,7-8,10-11H2,1-2H3;1H. The van der Waals surface area contributed by atoms with Gasteiger partial charge in [0.05, 0.1) is 10.7 Å². The Bertz CT molecular complexity index is 676. The zero-order chi connectivity index (χ0) is 15.5. The summed E-state index contributed by atoms with van der Waals surface area (Å²) >= 11 is 8.36. The summed E-state index contributed by atoms with van der Waals surface area (Å²) < 4.78 is 0. The van der Waals surface area contributed by atoms with Gasteiger partial charge in [-0.2, -0.15) is 0 Å². The van der Waals surface area contributed by atoms with Crippen LogP contribution in [0, 0.1) is 6.92 Å². The van der Waals surface area contributed by atoms with Gasteiger partial charge in [0.1, 0.15) is 0 Å². The molecule has 0 saturated heterocycles. The van der Waals surface area contributed by atoms with Crippen LogP contribution in [0.5, 0.6) is 0 Å². The molecule has 0 aliphatic carbocycles. The first-order valence-corrected chi connectivity index (χ1v) is 9.01. The number of nitrogens with zero attached hydrogens (tertiary/aromatic N) is 1. The van der Waals surface area contributed by atoms with Gasteiger partial charge in [-0.15, -0.1) is 24.2 Å². The fourth-order valence-corrected chi connectivity index (χ4v) is 4.57. The van der Waals surface area contributed by atoms with Gasteiger partial charge in [0, 0.05) is 16.3 Å². The number of aromatic nitrogens is 1. The van der Waals surface area contributed by atoms with Crippen molar-refractivity contribution in [3.63, 3.8) is 0 Å². The molecule has 2 aromatic rings. The second kappa shape index (κ2) is 8.39. The third kappa shape index (κ3) is 4.21. The molecule has 1 atom stereocenters. The lowest BCUT2D eigenvalue weighted by Crippen LogP contribution is -2.16. The maximum Gasteiger partial charge on any atom is 0.0563 e. The molecule has 1 unspecified atom stereocenters. The van der Waals surface area contributed by atoms with Crippen LogP contribution in [0.15, 0.2) is 35.4 Å². The van der Waals surface area contributed by atoms with Gasteiger partial charge in [0.15, 0.2) is 0 Å². The van der Waals surface area contributed by atoms with Gasteiger partial charge in [0.2, 0.25) is 0 Å². The predicted octanol–water partition coefficient (Wildman–Crippen LogP) is 5.01. The lowest BCUT2D eigenvalue weighted by Gasteiger charge is -2.18. The van der Waals surface area contributed by atoms with E-state index in [2.05, 4.69) is 36.3 Å². The van der Waals surface area contributed by atoms with Crippen LogP contribution in [-0.2, 0) is 12.8 Å². The SMILES string of the molecule is Cc1cccnc1C(C)Sc1c(Cl)ccc2c1CCNCC2.Cl. The maximum absolute atomic E-state index is 6.52. The number of rotatable bonds is 3. The number of fused-ring (bicyclic) bond motifs is 1. The second-order valence-electron chi connectivity index (χ2n) is 5.73. The van der Waals surface area contributed by atoms with Crippen LogP contribution < -0.4 is 5.32 Å². The molecule has 0 fully saturated rings. The van der Waals surface area contributed by atoms with E-state index in [4.69, 9.17) is 11.6 Å². The Kier molecular flexibility index (Phi) is 6.78. The Balaban J connectivity index is 0.00000192. The Morgan fingerprint density at radius 2 is 2.00 bits per heavy atom. The number of hydrogen-bond acceptors (Lipinski definition) is 3. The molecular weight excluding hydrogens is 347 g/mol. The lowest BCUT2D eigenvalue weighted by atomic mass is 10.0. The summed E-state index contributed by atoms with van der Waals surface area (Å²) in [6, 6.07) is 8.34. The molecule has 0 saturated carbocycles. The fraction of sp³-hybridized carbons (Fsp3) is 0.389. The zero-order valence-corrected chi connectivity index (χ0v) is 15.8. The van der Waals surface area contributed by atoms with E-state index in [1.54, 1.807) is 0 Å². The Labute approximate surface area is 153 Å². The third-order valence-electron chi connectivity index (χ3n) is 4.16. The molecule has 1 aromatic heterocycles. The summed E-state index contributed by atoms with van der Waals surface area (Å²) in [5.41, 5.74) is 5.24. The normalized spacial score (nSPS) is 15.3. The van der Waals surface area contributed by atoms with Crippen molar-refractivity contribution in [2.45, 2.75) is 36.8 Å². The number of benzene rings is 1. The van der Waals surface area contributed by atoms with Gasteiger partial charge in [0.25, 0.3) is 0 Å². The van der Waals surface area contributed by atoms with Crippen molar-refractivity contribution < 1.29 is 0 Å². The smallest absolute Gasteiger partial charge is 0.0563 e. The van der Waals surface area contributed by atoms with E-state index in [9.17, 15) is 0 Å². The molecule has 23 heavy (non-hydrogen) atoms. The monoisotopic (exact) mass is 368 g/mol. The highest BCUT2D eigenvalue weighted by Gasteiger charge is 2.19. The molecule has 0 spiro atoms. The summed E-state index contributed by atoms with van der Waals surface area (Å²) in [6.45, 7) is 6.41. The average Bonchev–Trinajstić information content (AvgIpc) is 2.76. The van der Waals surface area contributed by atoms with Crippen LogP contribution in [0.4, 0.5) is 0 Å². The van der Waals surface area contributed by atoms with Gasteiger partial charge in [-0.05, 0) is 68.6 Å². The van der Waals surface area contributed by atoms with Crippen LogP contribution in [0.3, 0.4) is 0 Å². The number of halogens is 2. The molecule has 2 heterocycles. The molecule has 3 rings (SSSR count). The van der Waals surface area contributed by atoms with Crippen LogP contribution in [-0.4, -0.2) is 18.1 Å². The van der Waals surface area contributed by atoms with Crippen molar-refractivity contribution in [3.05, 3.63) is 57.9 Å². The summed E-state index contributed by atoms with van der Waals surface area (Å²) in [4.78, 5) is 5.79. The molecule has 2 nitrogen and oxygen atoms in total. The van der Waals surface area contributed by atoms with Gasteiger partial charge < -0.3 is 5.32 Å². The lowest BCUT2D eigenvalue weighted by molar-refractivity contribution is 0.709. The van der Waals surface area contributed by atoms with Crippen LogP contribution in [0.25, 0.3) is 0 Å². The van der Waals surface area contributed by atoms with Gasteiger partial charge >= 0.3 is 0 Å². The molecule has 1 aromatic carbocycles. The van der Waals surface area contributed by atoms with E-state index in [-0.39, 0.29) is 12.4 Å². The van der Waals surface area contributed by atoms with Gasteiger partial charge in [-0.1, -0.05) is 23.7 Å². The van der Waals surface area contributed by atoms with Gasteiger partial charge in [-0.3, -0.25) is 4.98 Å². The highest BCUT2D eigenvalue weighted by molar-refractivity contribution is 7.99. The Hall–Kier alpha value is -0.740. The van der Waals surface area contributed by atoms with E-state index < -0.39 is 0 Å². The van der Waals surface area contributed by atoms with E-state index in [1.807, 2.05) is 30.1 Å². The van der Waals surface area contributed by atoms with E-state index >= 15 is 0 Å². The highest BCUT2D eigenvalue weighted by Crippen LogP contribution is 2.42. The molecule has 0 amide bonds. The second-order valence-corrected chi connectivity index (χ2v) is 7.49. The van der Waals surface area contributed by atoms with Crippen molar-refractivity contribution in [3.8, 4) is 0 Å². The number of pyridine rings is 1. The summed E-state index contributed by atoms with van der Waals surface area (Å²) in [7, 11) is 0. The number of thioether (sulfide) groups is 1. The zero-order valence-electron chi connectivity index (χ0n) is 13.4. The van der Waals surface area contributed by atoms with Crippen molar-refractivity contribution in [1.29, 1.82) is 0 Å². The molecule has 0 radical (unpaired) electrons. The Morgan fingerprint density at radius 3 is 2.78 bits per heavy atom. The molecule has 5 heteroatoms. The topological polar surface area (TPSA) is 24.9 Å². The van der Waals surface area contributed by atoms with Crippen LogP contribution in [0.1, 0.15) is 34.6 Å². The minimum absolute atomic E-state index is 0. The van der Waals surface area contributed by atoms with Crippen molar-refractivity contribution in [2.75, 3.05) is 13.1 Å². The first kappa shape index (κ1) is 18.6. The molecule has 0 bridgehead atoms. The summed E-state index contributed by atoms with van der Waals surface area (Å²) in [6.07, 6.45) is 4.00. The summed E-state index contributed by atoms with van der Waals surface area (Å²) in [5.74, 6) is 0. The number of nitrogens with one attached hydrogen (secondary N) is 1. The molecular formula is C18H22Cl2N2S. The Morgan fingerprint density at radius 1 is 1.22 bits per heavy atom. The minimum Gasteiger partial charge on any atom is -0.316 e. The quantitative estimate of drug-likeness (QED) is 0.770. The van der Waals surface area contributed by atoms with Crippen molar-refractivity contribution in [2.24, 2.45) is 0 Å². The van der Waals surface area contributed by atoms with E-state index in [0.717, 1.165) is 36.6 Å². The van der Waals surface area contributed by atoms with E-state index in [0.29, 0.717) is 5.25 Å². The maximum atomic E-state index is 6.52. The number of aryl methyl sites for hydroxylation is 1. The first-order valence-electron chi connectivity index (χ1n) is 7.76. The fourth-order valence-electron chi connectivity index (χ4n) is 2.99. The predicted molar refractivity (Wildman–Crippen MR) is 102 cm³/mol. The first-order chi connectivity index (χ1) is 10.7. The highest BCUT2D eigenvalue weighted by atomic mass is 35.5. The number of hydrogen-bond donors (Lipinski definition) is 1. The van der Waals surface area contributed by atoms with E-state index in [1.165, 1.54) is 21.6 Å². The third-order valence-corrected chi connectivity index (χ3v) is 5.87. The minimum atomic E-state index is 0. The molecule has 124 valence electrons. The van der Waals surface area contributed by atoms with Gasteiger partial charge in [-0.25, -0.2) is 0 Å². The van der Waals surface area contributed by atoms with Crippen LogP contribution >= 0.6 is 35.8 Å². The van der Waals surface area contributed by atoms with Crippen molar-refractivity contribution >= 4 is 35.8 Å². The largest absolute Gasteiger partial charge is 0.316 e. The molecule has 1 N–H and O–H groups in total. The average molecular weight is 369 g/mol. The van der Waals surface area contributed by atoms with Crippen LogP contribution in [0.2, 0.25) is 5.02 Å². The summed E-state index contributed by atoms with van der Waals surface area (Å²) in [5, 5.41) is 4.63. The van der Waals surface area contributed by atoms with Crippen molar-refractivity contribution in [1.82, 2.24) is 10.3 Å². The molecule has 1 aliphatic rings. The molecule has 1 aliphatic heterocycles.